The number of unbranched alkanes of at least 4 members (excludes halogenated alkanes) is 3. The lowest BCUT2D eigenvalue weighted by Gasteiger charge is -2.10. The highest BCUT2D eigenvalue weighted by molar-refractivity contribution is 7.40. The summed E-state index contributed by atoms with van der Waals surface area (Å²) >= 11 is 7.72. The number of nitrogens with zero attached hydrogens (tertiary/aromatic N) is 1. The Bertz CT molecular complexity index is 1920. The molecule has 5 aromatic heterocycles. The van der Waals surface area contributed by atoms with Gasteiger partial charge in [-0.25, -0.2) is 0 Å². The van der Waals surface area contributed by atoms with Gasteiger partial charge in [-0.1, -0.05) is 80.8 Å². The predicted molar refractivity (Wildman–Crippen MR) is 172 cm³/mol. The summed E-state index contributed by atoms with van der Waals surface area (Å²) in [6, 6.07) is 18.2. The van der Waals surface area contributed by atoms with Crippen molar-refractivity contribution >= 4 is 101 Å². The Morgan fingerprint density at radius 3 is 2.30 bits per heavy atom. The maximum absolute atomic E-state index is 4.01. The van der Waals surface area contributed by atoms with Crippen LogP contribution in [0.25, 0.3) is 66.5 Å². The molecule has 0 saturated heterocycles. The van der Waals surface area contributed by atoms with E-state index in [1.54, 1.807) is 0 Å². The molecule has 0 aliphatic carbocycles. The van der Waals surface area contributed by atoms with Gasteiger partial charge in [0.1, 0.15) is 11.0 Å². The van der Waals surface area contributed by atoms with E-state index in [1.165, 1.54) is 96.6 Å². The number of thiophene rings is 4. The third-order valence-corrected chi connectivity index (χ3v) is 12.2. The molecule has 0 amide bonds. The van der Waals surface area contributed by atoms with Crippen molar-refractivity contribution in [2.45, 2.75) is 39.5 Å². The molecule has 0 aliphatic heterocycles. The lowest BCUT2D eigenvalue weighted by atomic mass is 10.0. The van der Waals surface area contributed by atoms with E-state index >= 15 is 0 Å². The van der Waals surface area contributed by atoms with Crippen LogP contribution in [0.2, 0.25) is 0 Å². The van der Waals surface area contributed by atoms with Crippen molar-refractivity contribution < 1.29 is 0 Å². The van der Waals surface area contributed by atoms with Gasteiger partial charge in [-0.05, 0) is 36.6 Å². The summed E-state index contributed by atoms with van der Waals surface area (Å²) < 4.78 is 12.2. The maximum atomic E-state index is 4.01. The average Bonchev–Trinajstić information content (AvgIpc) is 3.68. The summed E-state index contributed by atoms with van der Waals surface area (Å²) in [5.41, 5.74) is 10.5. The molecule has 0 radical (unpaired) electrons. The van der Waals surface area contributed by atoms with E-state index in [4.69, 9.17) is 0 Å². The van der Waals surface area contributed by atoms with E-state index in [-0.39, 0.29) is 0 Å². The van der Waals surface area contributed by atoms with Crippen molar-refractivity contribution in [2.24, 2.45) is 0 Å². The van der Waals surface area contributed by atoms with Gasteiger partial charge in [-0.15, -0.1) is 45.3 Å². The molecule has 0 atom stereocenters. The van der Waals surface area contributed by atoms with Gasteiger partial charge >= 0.3 is 0 Å². The summed E-state index contributed by atoms with van der Waals surface area (Å²) in [5, 5.41) is 1.38. The number of aromatic nitrogens is 1. The molecule has 7 aromatic rings. The molecule has 0 bridgehead atoms. The van der Waals surface area contributed by atoms with Crippen LogP contribution in [0.3, 0.4) is 0 Å². The molecule has 0 aliphatic rings. The van der Waals surface area contributed by atoms with Gasteiger partial charge in [0.2, 0.25) is 0 Å². The summed E-state index contributed by atoms with van der Waals surface area (Å²) in [4.78, 5) is 1.25. The minimum Gasteiger partial charge on any atom is -0.325 e. The average molecular weight is 557 g/mol. The molecular formula is C31H28N2S4. The monoisotopic (exact) mass is 556 g/mol. The Morgan fingerprint density at radius 1 is 0.757 bits per heavy atom. The van der Waals surface area contributed by atoms with Crippen LogP contribution >= 0.6 is 45.3 Å². The van der Waals surface area contributed by atoms with E-state index < -0.39 is 0 Å². The molecule has 2 nitrogen and oxygen atoms in total. The van der Waals surface area contributed by atoms with Gasteiger partial charge in [0.25, 0.3) is 0 Å². The van der Waals surface area contributed by atoms with Crippen LogP contribution in [0.4, 0.5) is 0 Å². The van der Waals surface area contributed by atoms with Gasteiger partial charge in [0, 0.05) is 26.2 Å². The fourth-order valence-electron chi connectivity index (χ4n) is 5.23. The first kappa shape index (κ1) is 23.5. The molecule has 7 rings (SSSR count). The highest BCUT2D eigenvalue weighted by Crippen LogP contribution is 2.52. The van der Waals surface area contributed by atoms with Crippen LogP contribution in [0.15, 0.2) is 55.1 Å². The Hall–Kier alpha value is -2.64. The highest BCUT2D eigenvalue weighted by Gasteiger charge is 2.24. The van der Waals surface area contributed by atoms with Crippen molar-refractivity contribution in [2.75, 3.05) is 12.0 Å². The lowest BCUT2D eigenvalue weighted by Crippen LogP contribution is -2.15. The van der Waals surface area contributed by atoms with Crippen LogP contribution in [0.5, 0.6) is 0 Å². The Morgan fingerprint density at radius 2 is 1.49 bits per heavy atom. The first-order chi connectivity index (χ1) is 18.2. The molecule has 1 N–H and O–H groups in total. The SMILES string of the molecule is C=Cc1cc2sc3c4sc5c6ccc(-c7ccc(C)cc7)cc6sc5c4n(NCCCCCC)c3c2s1. The lowest BCUT2D eigenvalue weighted by molar-refractivity contribution is 0.668. The van der Waals surface area contributed by atoms with Crippen LogP contribution in [0, 0.1) is 6.92 Å². The normalized spacial score (nSPS) is 12.2. The molecular weight excluding hydrogens is 529 g/mol. The Labute approximate surface area is 232 Å². The van der Waals surface area contributed by atoms with Crippen LogP contribution in [-0.4, -0.2) is 11.2 Å². The minimum atomic E-state index is 0.996. The van der Waals surface area contributed by atoms with E-state index in [0.29, 0.717) is 0 Å². The second kappa shape index (κ2) is 9.28. The molecule has 0 fully saturated rings. The van der Waals surface area contributed by atoms with Crippen LogP contribution < -0.4 is 5.43 Å². The number of aryl methyl sites for hydroxylation is 1. The molecule has 0 unspecified atom stereocenters. The molecule has 6 heteroatoms. The van der Waals surface area contributed by atoms with Gasteiger partial charge in [-0.3, -0.25) is 4.68 Å². The van der Waals surface area contributed by atoms with Crippen molar-refractivity contribution in [3.63, 3.8) is 0 Å². The van der Waals surface area contributed by atoms with Crippen molar-refractivity contribution in [1.29, 1.82) is 0 Å². The summed E-state index contributed by atoms with van der Waals surface area (Å²) in [6.07, 6.45) is 7.02. The smallest absolute Gasteiger partial charge is 0.100 e. The number of hydrogen-bond donors (Lipinski definition) is 1. The van der Waals surface area contributed by atoms with E-state index in [1.807, 2.05) is 51.4 Å². The number of rotatable bonds is 8. The molecule has 0 saturated carbocycles. The third kappa shape index (κ3) is 3.76. The minimum absolute atomic E-state index is 0.996. The molecule has 5 heterocycles. The zero-order chi connectivity index (χ0) is 25.1. The van der Waals surface area contributed by atoms with Crippen LogP contribution in [0.1, 0.15) is 43.0 Å². The number of nitrogens with one attached hydrogen (secondary N) is 1. The molecule has 0 spiro atoms. The second-order valence-corrected chi connectivity index (χ2v) is 14.0. The number of hydrogen-bond acceptors (Lipinski definition) is 5. The van der Waals surface area contributed by atoms with Gasteiger partial charge < -0.3 is 5.43 Å². The highest BCUT2D eigenvalue weighted by atomic mass is 32.1. The number of fused-ring (bicyclic) bond motifs is 9. The number of benzene rings is 2. The molecule has 186 valence electrons. The van der Waals surface area contributed by atoms with Gasteiger partial charge in [-0.2, -0.15) is 0 Å². The summed E-state index contributed by atoms with van der Waals surface area (Å²) in [7, 11) is 0. The second-order valence-electron chi connectivity index (χ2n) is 9.75. The standard InChI is InChI=1S/C31H28N2S4/c1-4-6-7-8-15-32-33-25-28-24(17-21(5-2)34-28)36-30(25)31-26(33)29-27(37-31)22-14-13-20(16-23(22)35-29)19-11-9-18(3)10-12-19/h5,9-14,16-17,32H,2,4,6-8,15H2,1,3H3. The van der Waals surface area contributed by atoms with Gasteiger partial charge in [0.05, 0.1) is 23.5 Å². The third-order valence-electron chi connectivity index (χ3n) is 7.18. The zero-order valence-corrected chi connectivity index (χ0v) is 24.3. The van der Waals surface area contributed by atoms with Crippen molar-refractivity contribution in [3.8, 4) is 11.1 Å². The summed E-state index contributed by atoms with van der Waals surface area (Å²) in [6.45, 7) is 9.43. The van der Waals surface area contributed by atoms with Crippen molar-refractivity contribution in [1.82, 2.24) is 4.68 Å². The summed E-state index contributed by atoms with van der Waals surface area (Å²) in [5.74, 6) is 0. The topological polar surface area (TPSA) is 17.0 Å². The predicted octanol–water partition coefficient (Wildman–Crippen LogP) is 11.2. The molecule has 2 aromatic carbocycles. The fourth-order valence-corrected chi connectivity index (χ4v) is 10.6. The Balaban J connectivity index is 1.42. The quantitative estimate of drug-likeness (QED) is 0.184. The van der Waals surface area contributed by atoms with E-state index in [0.717, 1.165) is 6.54 Å². The van der Waals surface area contributed by atoms with E-state index in [2.05, 4.69) is 79.1 Å². The van der Waals surface area contributed by atoms with Gasteiger partial charge in [0.15, 0.2) is 0 Å². The first-order valence-corrected chi connectivity index (χ1v) is 16.2. The Kier molecular flexibility index (Phi) is 5.89. The van der Waals surface area contributed by atoms with Crippen molar-refractivity contribution in [3.05, 3.63) is 65.6 Å². The fraction of sp³-hybridized carbons (Fsp3) is 0.226. The maximum Gasteiger partial charge on any atom is 0.100 e. The van der Waals surface area contributed by atoms with Crippen LogP contribution in [-0.2, 0) is 0 Å². The molecule has 37 heavy (non-hydrogen) atoms. The largest absolute Gasteiger partial charge is 0.325 e. The zero-order valence-electron chi connectivity index (χ0n) is 21.0. The first-order valence-electron chi connectivity index (χ1n) is 12.9. The van der Waals surface area contributed by atoms with E-state index in [9.17, 15) is 0 Å².